The molecule has 0 bridgehead atoms. The fourth-order valence-corrected chi connectivity index (χ4v) is 4.00. The van der Waals surface area contributed by atoms with E-state index in [1.807, 2.05) is 17.0 Å². The molecule has 0 radical (unpaired) electrons. The topological polar surface area (TPSA) is 32.8 Å². The van der Waals surface area contributed by atoms with Crippen LogP contribution < -0.4 is 4.74 Å². The van der Waals surface area contributed by atoms with E-state index in [9.17, 15) is 9.18 Å². The number of halogens is 1. The van der Waals surface area contributed by atoms with Crippen molar-refractivity contribution in [1.82, 2.24) is 9.80 Å². The summed E-state index contributed by atoms with van der Waals surface area (Å²) in [6.45, 7) is 4.16. The van der Waals surface area contributed by atoms with Crippen LogP contribution in [0.15, 0.2) is 53.4 Å². The Hall–Kier alpha value is -2.05. The van der Waals surface area contributed by atoms with E-state index in [1.54, 1.807) is 25.3 Å². The normalized spacial score (nSPS) is 15.4. The molecule has 1 heterocycles. The lowest BCUT2D eigenvalue weighted by Gasteiger charge is -2.22. The monoisotopic (exact) mass is 388 g/mol. The summed E-state index contributed by atoms with van der Waals surface area (Å²) >= 11 is 1.27. The molecule has 0 unspecified atom stereocenters. The molecule has 0 N–H and O–H groups in total. The van der Waals surface area contributed by atoms with Crippen LogP contribution >= 0.6 is 11.8 Å². The highest BCUT2D eigenvalue weighted by molar-refractivity contribution is 8.00. The Bertz CT molecular complexity index is 754. The number of hydrogen-bond donors (Lipinski definition) is 0. The minimum atomic E-state index is -0.267. The van der Waals surface area contributed by atoms with E-state index in [0.717, 1.165) is 38.3 Å². The van der Waals surface area contributed by atoms with Crippen LogP contribution in [0.2, 0.25) is 0 Å². The summed E-state index contributed by atoms with van der Waals surface area (Å²) in [4.78, 5) is 17.3. The van der Waals surface area contributed by atoms with Crippen molar-refractivity contribution >= 4 is 17.7 Å². The molecule has 0 aliphatic carbocycles. The van der Waals surface area contributed by atoms with Crippen LogP contribution in [0.3, 0.4) is 0 Å². The summed E-state index contributed by atoms with van der Waals surface area (Å²) in [5.74, 6) is 0.949. The number of carbonyl (C=O) groups is 1. The highest BCUT2D eigenvalue weighted by atomic mass is 32.2. The zero-order valence-corrected chi connectivity index (χ0v) is 16.4. The van der Waals surface area contributed by atoms with Gasteiger partial charge < -0.3 is 9.64 Å². The van der Waals surface area contributed by atoms with Gasteiger partial charge in [0, 0.05) is 37.6 Å². The molecule has 0 aromatic heterocycles. The Morgan fingerprint density at radius 1 is 1.07 bits per heavy atom. The summed E-state index contributed by atoms with van der Waals surface area (Å²) in [5.41, 5.74) is 1.24. The standard InChI is InChI=1S/C21H25FN2O2S/c1-26-18-9-7-17(8-10-18)15-23-11-4-12-24(14-13-23)21(25)16-27-20-6-3-2-5-19(20)22/h2-3,5-10H,4,11-16H2,1H3. The molecule has 144 valence electrons. The predicted octanol–water partition coefficient (Wildman–Crippen LogP) is 3.66. The number of hydrogen-bond acceptors (Lipinski definition) is 4. The van der Waals surface area contributed by atoms with Gasteiger partial charge in [-0.05, 0) is 36.2 Å². The molecule has 4 nitrogen and oxygen atoms in total. The molecular formula is C21H25FN2O2S. The number of thioether (sulfide) groups is 1. The van der Waals surface area contributed by atoms with Crippen LogP contribution in [-0.2, 0) is 11.3 Å². The van der Waals surface area contributed by atoms with Gasteiger partial charge in [0.25, 0.3) is 0 Å². The SMILES string of the molecule is COc1ccc(CN2CCCN(C(=O)CSc3ccccc3F)CC2)cc1. The van der Waals surface area contributed by atoms with Crippen LogP contribution in [0, 0.1) is 5.82 Å². The van der Waals surface area contributed by atoms with Crippen molar-refractivity contribution in [1.29, 1.82) is 0 Å². The molecule has 1 aliphatic rings. The molecule has 6 heteroatoms. The third-order valence-electron chi connectivity index (χ3n) is 4.69. The lowest BCUT2D eigenvalue weighted by atomic mass is 10.2. The Morgan fingerprint density at radius 2 is 1.85 bits per heavy atom. The first-order chi connectivity index (χ1) is 13.2. The second-order valence-corrected chi connectivity index (χ2v) is 7.59. The Labute approximate surface area is 164 Å². The third kappa shape index (κ3) is 5.71. The molecule has 0 atom stereocenters. The molecule has 3 rings (SSSR count). The maximum atomic E-state index is 13.7. The zero-order chi connectivity index (χ0) is 19.1. The Morgan fingerprint density at radius 3 is 2.59 bits per heavy atom. The average Bonchev–Trinajstić information content (AvgIpc) is 2.93. The number of amides is 1. The van der Waals surface area contributed by atoms with Crippen LogP contribution in [-0.4, -0.2) is 54.7 Å². The summed E-state index contributed by atoms with van der Waals surface area (Å²) in [5, 5.41) is 0. The van der Waals surface area contributed by atoms with Crippen molar-refractivity contribution in [3.05, 3.63) is 59.9 Å². The van der Waals surface area contributed by atoms with Crippen molar-refractivity contribution < 1.29 is 13.9 Å². The van der Waals surface area contributed by atoms with E-state index in [-0.39, 0.29) is 17.5 Å². The summed E-state index contributed by atoms with van der Waals surface area (Å²) in [6.07, 6.45) is 0.951. The van der Waals surface area contributed by atoms with Crippen molar-refractivity contribution in [3.8, 4) is 5.75 Å². The van der Waals surface area contributed by atoms with Gasteiger partial charge in [-0.25, -0.2) is 4.39 Å². The first-order valence-corrected chi connectivity index (χ1v) is 10.1. The first kappa shape index (κ1) is 19.7. The summed E-state index contributed by atoms with van der Waals surface area (Å²) in [6, 6.07) is 14.7. The van der Waals surface area contributed by atoms with Gasteiger partial charge in [0.2, 0.25) is 5.91 Å². The quantitative estimate of drug-likeness (QED) is 0.707. The van der Waals surface area contributed by atoms with Gasteiger partial charge >= 0.3 is 0 Å². The van der Waals surface area contributed by atoms with Gasteiger partial charge in [0.05, 0.1) is 12.9 Å². The van der Waals surface area contributed by atoms with E-state index < -0.39 is 0 Å². The highest BCUT2D eigenvalue weighted by Gasteiger charge is 2.19. The molecule has 1 fully saturated rings. The second kappa shape index (κ2) is 9.76. The fraction of sp³-hybridized carbons (Fsp3) is 0.381. The molecule has 2 aromatic carbocycles. The lowest BCUT2D eigenvalue weighted by molar-refractivity contribution is -0.128. The van der Waals surface area contributed by atoms with Crippen LogP contribution in [0.4, 0.5) is 4.39 Å². The molecule has 1 amide bonds. The first-order valence-electron chi connectivity index (χ1n) is 9.16. The van der Waals surface area contributed by atoms with Gasteiger partial charge in [-0.15, -0.1) is 11.8 Å². The number of carbonyl (C=O) groups excluding carboxylic acids is 1. The number of rotatable bonds is 6. The van der Waals surface area contributed by atoms with Crippen molar-refractivity contribution in [2.45, 2.75) is 17.9 Å². The van der Waals surface area contributed by atoms with Crippen LogP contribution in [0.5, 0.6) is 5.75 Å². The van der Waals surface area contributed by atoms with Crippen molar-refractivity contribution in [2.75, 3.05) is 39.0 Å². The highest BCUT2D eigenvalue weighted by Crippen LogP contribution is 2.22. The van der Waals surface area contributed by atoms with E-state index in [4.69, 9.17) is 4.74 Å². The smallest absolute Gasteiger partial charge is 0.232 e. The molecule has 1 saturated heterocycles. The maximum absolute atomic E-state index is 13.7. The van der Waals surface area contributed by atoms with Crippen LogP contribution in [0.25, 0.3) is 0 Å². The number of nitrogens with zero attached hydrogens (tertiary/aromatic N) is 2. The fourth-order valence-electron chi connectivity index (χ4n) is 3.16. The molecule has 2 aromatic rings. The van der Waals surface area contributed by atoms with Crippen molar-refractivity contribution in [3.63, 3.8) is 0 Å². The molecule has 27 heavy (non-hydrogen) atoms. The number of ether oxygens (including phenoxy) is 1. The lowest BCUT2D eigenvalue weighted by Crippen LogP contribution is -2.36. The Kier molecular flexibility index (Phi) is 7.12. The summed E-state index contributed by atoms with van der Waals surface area (Å²) < 4.78 is 18.9. The molecular weight excluding hydrogens is 363 g/mol. The zero-order valence-electron chi connectivity index (χ0n) is 15.6. The largest absolute Gasteiger partial charge is 0.497 e. The third-order valence-corrected chi connectivity index (χ3v) is 5.73. The van der Waals surface area contributed by atoms with Gasteiger partial charge in [0.15, 0.2) is 0 Å². The predicted molar refractivity (Wildman–Crippen MR) is 107 cm³/mol. The minimum absolute atomic E-state index is 0.0783. The molecule has 1 aliphatic heterocycles. The molecule has 0 spiro atoms. The second-order valence-electron chi connectivity index (χ2n) is 6.58. The average molecular weight is 389 g/mol. The van der Waals surface area contributed by atoms with E-state index in [1.165, 1.54) is 23.4 Å². The van der Waals surface area contributed by atoms with Crippen molar-refractivity contribution in [2.24, 2.45) is 0 Å². The van der Waals surface area contributed by atoms with Gasteiger partial charge in [-0.3, -0.25) is 9.69 Å². The van der Waals surface area contributed by atoms with Gasteiger partial charge in [0.1, 0.15) is 11.6 Å². The maximum Gasteiger partial charge on any atom is 0.232 e. The Balaban J connectivity index is 1.48. The van der Waals surface area contributed by atoms with E-state index in [0.29, 0.717) is 11.4 Å². The van der Waals surface area contributed by atoms with E-state index in [2.05, 4.69) is 17.0 Å². The number of benzene rings is 2. The van der Waals surface area contributed by atoms with E-state index >= 15 is 0 Å². The van der Waals surface area contributed by atoms with Gasteiger partial charge in [-0.2, -0.15) is 0 Å². The minimum Gasteiger partial charge on any atom is -0.497 e. The van der Waals surface area contributed by atoms with Gasteiger partial charge in [-0.1, -0.05) is 24.3 Å². The number of methoxy groups -OCH3 is 1. The van der Waals surface area contributed by atoms with Crippen LogP contribution in [0.1, 0.15) is 12.0 Å². The summed E-state index contributed by atoms with van der Waals surface area (Å²) in [7, 11) is 1.67. The molecule has 0 saturated carbocycles.